The predicted molar refractivity (Wildman–Crippen MR) is 92.3 cm³/mol. The van der Waals surface area contributed by atoms with Gasteiger partial charge in [-0.2, -0.15) is 11.8 Å². The zero-order valence-corrected chi connectivity index (χ0v) is 14.7. The summed E-state index contributed by atoms with van der Waals surface area (Å²) in [5.74, 6) is 1.73. The summed E-state index contributed by atoms with van der Waals surface area (Å²) >= 11 is 3.96. The minimum absolute atomic E-state index is 0.509. The topological polar surface area (TPSA) is 28.2 Å². The maximum Gasteiger partial charge on any atom is 0.185 e. The Morgan fingerprint density at radius 3 is 2.90 bits per heavy atom. The molecule has 5 heteroatoms. The van der Waals surface area contributed by atoms with Gasteiger partial charge in [0, 0.05) is 35.5 Å². The van der Waals surface area contributed by atoms with E-state index < -0.39 is 0 Å². The van der Waals surface area contributed by atoms with E-state index in [1.807, 2.05) is 11.3 Å². The third kappa shape index (κ3) is 4.12. The van der Waals surface area contributed by atoms with Crippen molar-refractivity contribution in [3.05, 3.63) is 10.6 Å². The first-order chi connectivity index (χ1) is 9.61. The van der Waals surface area contributed by atoms with Crippen LogP contribution in [0.1, 0.15) is 50.6 Å². The molecule has 0 saturated carbocycles. The second kappa shape index (κ2) is 7.66. The van der Waals surface area contributed by atoms with Crippen LogP contribution in [0.25, 0.3) is 0 Å². The van der Waals surface area contributed by atoms with E-state index >= 15 is 0 Å². The van der Waals surface area contributed by atoms with Gasteiger partial charge in [0.15, 0.2) is 5.13 Å². The van der Waals surface area contributed by atoms with E-state index in [-0.39, 0.29) is 0 Å². The van der Waals surface area contributed by atoms with Crippen molar-refractivity contribution in [2.45, 2.75) is 51.8 Å². The van der Waals surface area contributed by atoms with Crippen LogP contribution in [0.15, 0.2) is 0 Å². The molecule has 0 aliphatic carbocycles. The number of thiazole rings is 1. The van der Waals surface area contributed by atoms with E-state index in [0.29, 0.717) is 5.92 Å². The van der Waals surface area contributed by atoms with Crippen molar-refractivity contribution < 1.29 is 0 Å². The summed E-state index contributed by atoms with van der Waals surface area (Å²) in [5, 5.41) is 5.47. The Morgan fingerprint density at radius 1 is 1.45 bits per heavy atom. The van der Waals surface area contributed by atoms with Crippen molar-refractivity contribution >= 4 is 28.2 Å². The molecule has 1 aromatic rings. The molecular formula is C15H27N3S2. The first-order valence-electron chi connectivity index (χ1n) is 7.68. The lowest BCUT2D eigenvalue weighted by Gasteiger charge is -2.30. The monoisotopic (exact) mass is 313 g/mol. The molecule has 0 spiro atoms. The maximum absolute atomic E-state index is 4.94. The maximum atomic E-state index is 4.94. The molecule has 0 bridgehead atoms. The molecule has 114 valence electrons. The van der Waals surface area contributed by atoms with Gasteiger partial charge in [0.1, 0.15) is 0 Å². The summed E-state index contributed by atoms with van der Waals surface area (Å²) in [6.07, 6.45) is 1.18. The van der Waals surface area contributed by atoms with E-state index in [4.69, 9.17) is 4.98 Å². The number of hydrogen-bond acceptors (Lipinski definition) is 5. The normalized spacial score (nSPS) is 19.9. The number of rotatable bonds is 6. The molecule has 0 aromatic carbocycles. The highest BCUT2D eigenvalue weighted by Crippen LogP contribution is 2.33. The quantitative estimate of drug-likeness (QED) is 0.811. The van der Waals surface area contributed by atoms with Crippen LogP contribution in [0, 0.1) is 0 Å². The van der Waals surface area contributed by atoms with Gasteiger partial charge in [-0.15, -0.1) is 11.3 Å². The standard InChI is InChI=1S/C15H27N3S2/c1-5-6-16-9-13-14(11(2)3)17-15(20-13)18-7-8-19-12(4)10-18/h11-12,16H,5-10H2,1-4H3. The average molecular weight is 314 g/mol. The molecule has 20 heavy (non-hydrogen) atoms. The van der Waals surface area contributed by atoms with Crippen LogP contribution in [-0.2, 0) is 6.54 Å². The molecular weight excluding hydrogens is 286 g/mol. The van der Waals surface area contributed by atoms with E-state index in [1.165, 1.54) is 27.9 Å². The minimum atomic E-state index is 0.509. The van der Waals surface area contributed by atoms with E-state index in [1.54, 1.807) is 0 Å². The van der Waals surface area contributed by atoms with Crippen molar-refractivity contribution in [3.63, 3.8) is 0 Å². The Kier molecular flexibility index (Phi) is 6.18. The Labute approximate surface area is 131 Å². The lowest BCUT2D eigenvalue weighted by molar-refractivity contribution is 0.670. The lowest BCUT2D eigenvalue weighted by atomic mass is 10.1. The second-order valence-corrected chi connectivity index (χ2v) is 8.37. The first-order valence-corrected chi connectivity index (χ1v) is 9.55. The van der Waals surface area contributed by atoms with Crippen LogP contribution in [-0.4, -0.2) is 35.6 Å². The zero-order valence-electron chi connectivity index (χ0n) is 13.1. The van der Waals surface area contributed by atoms with Crippen molar-refractivity contribution in [1.29, 1.82) is 0 Å². The van der Waals surface area contributed by atoms with Crippen LogP contribution >= 0.6 is 23.1 Å². The summed E-state index contributed by atoms with van der Waals surface area (Å²) in [6.45, 7) is 13.4. The fourth-order valence-electron chi connectivity index (χ4n) is 2.43. The molecule has 3 nitrogen and oxygen atoms in total. The van der Waals surface area contributed by atoms with Crippen molar-refractivity contribution in [2.75, 3.05) is 30.3 Å². The highest BCUT2D eigenvalue weighted by molar-refractivity contribution is 8.00. The Hall–Kier alpha value is -0.260. The molecule has 1 N–H and O–H groups in total. The van der Waals surface area contributed by atoms with Crippen molar-refractivity contribution in [3.8, 4) is 0 Å². The van der Waals surface area contributed by atoms with Gasteiger partial charge >= 0.3 is 0 Å². The summed E-state index contributed by atoms with van der Waals surface area (Å²) < 4.78 is 0. The smallest absolute Gasteiger partial charge is 0.185 e. The Morgan fingerprint density at radius 2 is 2.25 bits per heavy atom. The van der Waals surface area contributed by atoms with Gasteiger partial charge in [0.25, 0.3) is 0 Å². The first kappa shape index (κ1) is 16.1. The number of nitrogens with one attached hydrogen (secondary N) is 1. The summed E-state index contributed by atoms with van der Waals surface area (Å²) in [5.41, 5.74) is 1.29. The van der Waals surface area contributed by atoms with Gasteiger partial charge in [-0.05, 0) is 18.9 Å². The summed E-state index contributed by atoms with van der Waals surface area (Å²) in [4.78, 5) is 8.84. The van der Waals surface area contributed by atoms with E-state index in [9.17, 15) is 0 Å². The van der Waals surface area contributed by atoms with Crippen LogP contribution in [0.3, 0.4) is 0 Å². The fraction of sp³-hybridized carbons (Fsp3) is 0.800. The second-order valence-electron chi connectivity index (χ2n) is 5.76. The van der Waals surface area contributed by atoms with Gasteiger partial charge in [0.05, 0.1) is 5.69 Å². The van der Waals surface area contributed by atoms with Crippen LogP contribution < -0.4 is 10.2 Å². The molecule has 2 heterocycles. The molecule has 1 unspecified atom stereocenters. The molecule has 1 atom stereocenters. The van der Waals surface area contributed by atoms with Crippen molar-refractivity contribution in [2.24, 2.45) is 0 Å². The number of anilines is 1. The highest BCUT2D eigenvalue weighted by atomic mass is 32.2. The molecule has 1 aromatic heterocycles. The third-order valence-electron chi connectivity index (χ3n) is 3.49. The number of nitrogens with zero attached hydrogens (tertiary/aromatic N) is 2. The SMILES string of the molecule is CCCNCc1sc(N2CCSC(C)C2)nc1C(C)C. The molecule has 1 saturated heterocycles. The molecule has 1 aliphatic heterocycles. The molecule has 1 aliphatic rings. The van der Waals surface area contributed by atoms with E-state index in [0.717, 1.165) is 31.4 Å². The highest BCUT2D eigenvalue weighted by Gasteiger charge is 2.22. The largest absolute Gasteiger partial charge is 0.346 e. The van der Waals surface area contributed by atoms with Crippen LogP contribution in [0.2, 0.25) is 0 Å². The average Bonchev–Trinajstić information content (AvgIpc) is 2.83. The Balaban J connectivity index is 2.11. The van der Waals surface area contributed by atoms with Gasteiger partial charge in [0.2, 0.25) is 0 Å². The number of hydrogen-bond donors (Lipinski definition) is 1. The predicted octanol–water partition coefficient (Wildman–Crippen LogP) is 3.71. The zero-order chi connectivity index (χ0) is 14.5. The third-order valence-corrected chi connectivity index (χ3v) is 5.76. The fourth-order valence-corrected chi connectivity index (χ4v) is 4.67. The van der Waals surface area contributed by atoms with E-state index in [2.05, 4.69) is 49.7 Å². The number of aromatic nitrogens is 1. The van der Waals surface area contributed by atoms with Gasteiger partial charge < -0.3 is 10.2 Å². The van der Waals surface area contributed by atoms with Gasteiger partial charge in [-0.3, -0.25) is 0 Å². The van der Waals surface area contributed by atoms with Crippen LogP contribution in [0.5, 0.6) is 0 Å². The number of thioether (sulfide) groups is 1. The molecule has 1 fully saturated rings. The minimum Gasteiger partial charge on any atom is -0.346 e. The van der Waals surface area contributed by atoms with Gasteiger partial charge in [-0.1, -0.05) is 27.7 Å². The van der Waals surface area contributed by atoms with Crippen molar-refractivity contribution in [1.82, 2.24) is 10.3 Å². The lowest BCUT2D eigenvalue weighted by Crippen LogP contribution is -2.36. The Bertz CT molecular complexity index is 417. The molecule has 2 rings (SSSR count). The molecule has 0 amide bonds. The van der Waals surface area contributed by atoms with Crippen LogP contribution in [0.4, 0.5) is 5.13 Å². The molecule has 0 radical (unpaired) electrons. The summed E-state index contributed by atoms with van der Waals surface area (Å²) in [7, 11) is 0. The van der Waals surface area contributed by atoms with Gasteiger partial charge in [-0.25, -0.2) is 4.98 Å². The summed E-state index contributed by atoms with van der Waals surface area (Å²) in [6, 6.07) is 0.